The van der Waals surface area contributed by atoms with Gasteiger partial charge in [0.15, 0.2) is 6.10 Å². The third kappa shape index (κ3) is 5.91. The number of rotatable bonds is 5. The summed E-state index contributed by atoms with van der Waals surface area (Å²) in [5, 5.41) is 7.17. The van der Waals surface area contributed by atoms with Crippen LogP contribution >= 0.6 is 35.6 Å². The van der Waals surface area contributed by atoms with Crippen molar-refractivity contribution in [2.75, 3.05) is 13.1 Å². The molecule has 2 N–H and O–H groups in total. The number of hydrogen-bond donors (Lipinski definition) is 2. The molecule has 2 rings (SSSR count). The Bertz CT molecular complexity index is 459. The molecule has 1 amide bonds. The lowest BCUT2D eigenvalue weighted by molar-refractivity contribution is -0.127. The second kappa shape index (κ2) is 8.69. The molecule has 0 aromatic heterocycles. The van der Waals surface area contributed by atoms with Gasteiger partial charge < -0.3 is 15.4 Å². The van der Waals surface area contributed by atoms with Crippen molar-refractivity contribution in [3.63, 3.8) is 0 Å². The molecule has 7 heteroatoms. The van der Waals surface area contributed by atoms with E-state index >= 15 is 0 Å². The lowest BCUT2D eigenvalue weighted by atomic mass is 10.2. The van der Waals surface area contributed by atoms with Crippen LogP contribution in [0.25, 0.3) is 0 Å². The van der Waals surface area contributed by atoms with Gasteiger partial charge >= 0.3 is 0 Å². The number of nitrogens with one attached hydrogen (secondary N) is 2. The molecular formula is C14H19Cl3N2O2. The van der Waals surface area contributed by atoms with Gasteiger partial charge in [0.25, 0.3) is 5.91 Å². The molecule has 0 spiro atoms. The summed E-state index contributed by atoms with van der Waals surface area (Å²) in [5.41, 5.74) is 0. The summed E-state index contributed by atoms with van der Waals surface area (Å²) < 4.78 is 5.55. The minimum Gasteiger partial charge on any atom is -0.481 e. The van der Waals surface area contributed by atoms with Crippen LogP contribution in [0.3, 0.4) is 0 Å². The molecule has 21 heavy (non-hydrogen) atoms. The fourth-order valence-electron chi connectivity index (χ4n) is 2.15. The Labute approximate surface area is 140 Å². The van der Waals surface area contributed by atoms with E-state index < -0.39 is 6.10 Å². The van der Waals surface area contributed by atoms with Crippen LogP contribution in [0.5, 0.6) is 5.75 Å². The molecule has 1 aromatic carbocycles. The minimum atomic E-state index is -0.592. The number of carbonyl (C=O) groups is 1. The van der Waals surface area contributed by atoms with E-state index in [0.717, 1.165) is 19.4 Å². The SMILES string of the molecule is CC(Oc1cc(Cl)cc(Cl)c1)C(=O)NCC1CCCN1.Cl. The molecule has 2 unspecified atom stereocenters. The average Bonchev–Trinajstić information content (AvgIpc) is 2.87. The smallest absolute Gasteiger partial charge is 0.260 e. The van der Waals surface area contributed by atoms with E-state index in [0.29, 0.717) is 28.4 Å². The van der Waals surface area contributed by atoms with Crippen LogP contribution in [0.4, 0.5) is 0 Å². The normalized spacial score (nSPS) is 18.7. The number of benzene rings is 1. The van der Waals surface area contributed by atoms with Gasteiger partial charge in [0.1, 0.15) is 5.75 Å². The Balaban J connectivity index is 0.00000220. The summed E-state index contributed by atoms with van der Waals surface area (Å²) in [6.45, 7) is 3.35. The zero-order valence-corrected chi connectivity index (χ0v) is 14.0. The zero-order chi connectivity index (χ0) is 14.5. The van der Waals surface area contributed by atoms with E-state index in [2.05, 4.69) is 10.6 Å². The zero-order valence-electron chi connectivity index (χ0n) is 11.7. The summed E-state index contributed by atoms with van der Waals surface area (Å²) in [5.74, 6) is 0.346. The van der Waals surface area contributed by atoms with Crippen molar-refractivity contribution in [1.82, 2.24) is 10.6 Å². The second-order valence-corrected chi connectivity index (χ2v) is 5.78. The first-order valence-electron chi connectivity index (χ1n) is 6.68. The van der Waals surface area contributed by atoms with E-state index in [9.17, 15) is 4.79 Å². The maximum absolute atomic E-state index is 11.9. The predicted octanol–water partition coefficient (Wildman–Crippen LogP) is 3.05. The van der Waals surface area contributed by atoms with Crippen LogP contribution in [-0.4, -0.2) is 31.1 Å². The molecule has 0 bridgehead atoms. The maximum atomic E-state index is 11.9. The summed E-state index contributed by atoms with van der Waals surface area (Å²) >= 11 is 11.8. The molecule has 1 heterocycles. The van der Waals surface area contributed by atoms with E-state index in [1.807, 2.05) is 0 Å². The molecule has 4 nitrogen and oxygen atoms in total. The van der Waals surface area contributed by atoms with Crippen LogP contribution < -0.4 is 15.4 Å². The molecule has 1 aromatic rings. The van der Waals surface area contributed by atoms with Gasteiger partial charge in [-0.3, -0.25) is 4.79 Å². The fourth-order valence-corrected chi connectivity index (χ4v) is 2.66. The predicted molar refractivity (Wildman–Crippen MR) is 87.8 cm³/mol. The summed E-state index contributed by atoms with van der Waals surface area (Å²) in [4.78, 5) is 11.9. The fraction of sp³-hybridized carbons (Fsp3) is 0.500. The van der Waals surface area contributed by atoms with E-state index in [4.69, 9.17) is 27.9 Å². The van der Waals surface area contributed by atoms with E-state index in [1.54, 1.807) is 25.1 Å². The molecule has 0 radical (unpaired) electrons. The first-order valence-corrected chi connectivity index (χ1v) is 7.44. The largest absolute Gasteiger partial charge is 0.481 e. The van der Waals surface area contributed by atoms with E-state index in [-0.39, 0.29) is 18.3 Å². The van der Waals surface area contributed by atoms with Gasteiger partial charge in [0, 0.05) is 22.6 Å². The second-order valence-electron chi connectivity index (χ2n) is 4.90. The first kappa shape index (κ1) is 18.4. The molecular weight excluding hydrogens is 335 g/mol. The minimum absolute atomic E-state index is 0. The van der Waals surface area contributed by atoms with Gasteiger partial charge in [0.2, 0.25) is 0 Å². The van der Waals surface area contributed by atoms with Crippen molar-refractivity contribution in [2.24, 2.45) is 0 Å². The Morgan fingerprint density at radius 3 is 2.67 bits per heavy atom. The molecule has 1 aliphatic heterocycles. The van der Waals surface area contributed by atoms with Crippen molar-refractivity contribution in [2.45, 2.75) is 31.9 Å². The molecule has 1 saturated heterocycles. The van der Waals surface area contributed by atoms with Crippen molar-refractivity contribution < 1.29 is 9.53 Å². The van der Waals surface area contributed by atoms with Crippen LogP contribution in [-0.2, 0) is 4.79 Å². The van der Waals surface area contributed by atoms with Gasteiger partial charge in [-0.25, -0.2) is 0 Å². The third-order valence-electron chi connectivity index (χ3n) is 3.20. The summed E-state index contributed by atoms with van der Waals surface area (Å²) in [7, 11) is 0. The van der Waals surface area contributed by atoms with Gasteiger partial charge in [-0.15, -0.1) is 12.4 Å². The Hall–Kier alpha value is -0.680. The van der Waals surface area contributed by atoms with E-state index in [1.165, 1.54) is 0 Å². The summed E-state index contributed by atoms with van der Waals surface area (Å²) in [6, 6.07) is 5.25. The van der Waals surface area contributed by atoms with Crippen LogP contribution in [0.2, 0.25) is 10.0 Å². The van der Waals surface area contributed by atoms with Gasteiger partial charge in [-0.1, -0.05) is 23.2 Å². The highest BCUT2D eigenvalue weighted by Gasteiger charge is 2.18. The van der Waals surface area contributed by atoms with Crippen LogP contribution in [0.1, 0.15) is 19.8 Å². The highest BCUT2D eigenvalue weighted by molar-refractivity contribution is 6.34. The highest BCUT2D eigenvalue weighted by Crippen LogP contribution is 2.24. The molecule has 2 atom stereocenters. The van der Waals surface area contributed by atoms with Crippen molar-refractivity contribution in [3.8, 4) is 5.75 Å². The number of amides is 1. The van der Waals surface area contributed by atoms with Crippen molar-refractivity contribution >= 4 is 41.5 Å². The summed E-state index contributed by atoms with van der Waals surface area (Å²) in [6.07, 6.45) is 1.67. The standard InChI is InChI=1S/C14H18Cl2N2O2.ClH/c1-9(14(19)18-8-12-3-2-4-17-12)20-13-6-10(15)5-11(16)7-13;/h5-7,9,12,17H,2-4,8H2,1H3,(H,18,19);1H. The quantitative estimate of drug-likeness (QED) is 0.855. The third-order valence-corrected chi connectivity index (χ3v) is 3.64. The Morgan fingerprint density at radius 1 is 1.43 bits per heavy atom. The van der Waals surface area contributed by atoms with Crippen LogP contribution in [0.15, 0.2) is 18.2 Å². The van der Waals surface area contributed by atoms with Crippen molar-refractivity contribution in [3.05, 3.63) is 28.2 Å². The molecule has 118 valence electrons. The molecule has 1 fully saturated rings. The molecule has 1 aliphatic rings. The first-order chi connectivity index (χ1) is 9.54. The number of ether oxygens (including phenoxy) is 1. The molecule has 0 aliphatic carbocycles. The van der Waals surface area contributed by atoms with Crippen molar-refractivity contribution in [1.29, 1.82) is 0 Å². The Morgan fingerprint density at radius 2 is 2.10 bits per heavy atom. The van der Waals surface area contributed by atoms with Crippen LogP contribution in [0, 0.1) is 0 Å². The number of halogens is 3. The number of hydrogen-bond acceptors (Lipinski definition) is 3. The lowest BCUT2D eigenvalue weighted by Gasteiger charge is -2.17. The lowest BCUT2D eigenvalue weighted by Crippen LogP contribution is -2.42. The highest BCUT2D eigenvalue weighted by atomic mass is 35.5. The maximum Gasteiger partial charge on any atom is 0.260 e. The van der Waals surface area contributed by atoms with Gasteiger partial charge in [-0.2, -0.15) is 0 Å². The Kier molecular flexibility index (Phi) is 7.60. The monoisotopic (exact) mass is 352 g/mol. The average molecular weight is 354 g/mol. The molecule has 0 saturated carbocycles. The topological polar surface area (TPSA) is 50.4 Å². The van der Waals surface area contributed by atoms with Gasteiger partial charge in [-0.05, 0) is 44.5 Å². The number of carbonyl (C=O) groups excluding carboxylic acids is 1. The van der Waals surface area contributed by atoms with Gasteiger partial charge in [0.05, 0.1) is 0 Å².